The third-order valence-corrected chi connectivity index (χ3v) is 4.31. The highest BCUT2D eigenvalue weighted by atomic mass is 35.5. The fourth-order valence-corrected chi connectivity index (χ4v) is 3.10. The summed E-state index contributed by atoms with van der Waals surface area (Å²) in [7, 11) is -0.952. The van der Waals surface area contributed by atoms with E-state index in [4.69, 9.17) is 0 Å². The molecule has 1 aliphatic rings. The molecule has 0 aliphatic carbocycles. The topological polar surface area (TPSA) is 42.0 Å². The van der Waals surface area contributed by atoms with Crippen molar-refractivity contribution in [3.05, 3.63) is 23.9 Å². The maximum absolute atomic E-state index is 12.1. The van der Waals surface area contributed by atoms with E-state index in [0.717, 1.165) is 31.5 Å². The lowest BCUT2D eigenvalue weighted by molar-refractivity contribution is 0.519. The molecule has 2 heterocycles. The molecule has 0 spiro atoms. The fraction of sp³-hybridized carbons (Fsp3) is 0.545. The van der Waals surface area contributed by atoms with Crippen LogP contribution in [-0.4, -0.2) is 27.5 Å². The van der Waals surface area contributed by atoms with E-state index in [2.05, 4.69) is 10.3 Å². The van der Waals surface area contributed by atoms with Crippen molar-refractivity contribution in [2.75, 3.05) is 13.1 Å². The minimum atomic E-state index is -0.952. The van der Waals surface area contributed by atoms with Gasteiger partial charge in [0.25, 0.3) is 0 Å². The highest BCUT2D eigenvalue weighted by Crippen LogP contribution is 2.15. The predicted molar refractivity (Wildman–Crippen MR) is 68.5 cm³/mol. The zero-order valence-electron chi connectivity index (χ0n) is 9.31. The number of aryl methyl sites for hydroxylation is 1. The molecule has 1 N–H and O–H groups in total. The quantitative estimate of drug-likeness (QED) is 0.880. The molecule has 90 valence electrons. The molecule has 2 atom stereocenters. The number of halogens is 1. The maximum atomic E-state index is 12.1. The van der Waals surface area contributed by atoms with E-state index >= 15 is 0 Å². The fourth-order valence-electron chi connectivity index (χ4n) is 1.75. The molecule has 0 amide bonds. The third-order valence-electron chi connectivity index (χ3n) is 2.64. The summed E-state index contributed by atoms with van der Waals surface area (Å²) in [5, 5.41) is 4.22. The van der Waals surface area contributed by atoms with Crippen molar-refractivity contribution >= 4 is 23.2 Å². The minimum absolute atomic E-state index is 0. The van der Waals surface area contributed by atoms with Gasteiger partial charge in [-0.25, -0.2) is 4.98 Å². The smallest absolute Gasteiger partial charge is 0.127 e. The summed E-state index contributed by atoms with van der Waals surface area (Å²) in [6, 6.07) is 3.84. The van der Waals surface area contributed by atoms with E-state index in [1.54, 1.807) is 6.20 Å². The summed E-state index contributed by atoms with van der Waals surface area (Å²) >= 11 is 0. The molecule has 1 fully saturated rings. The van der Waals surface area contributed by atoms with Crippen LogP contribution < -0.4 is 5.32 Å². The molecule has 5 heteroatoms. The molecule has 0 bridgehead atoms. The van der Waals surface area contributed by atoms with Crippen molar-refractivity contribution in [1.29, 1.82) is 0 Å². The molecule has 0 radical (unpaired) electrons. The lowest BCUT2D eigenvalue weighted by atomic mass is 10.2. The van der Waals surface area contributed by atoms with Crippen molar-refractivity contribution in [3.63, 3.8) is 0 Å². The number of nitrogens with one attached hydrogen (secondary N) is 1. The second-order valence-corrected chi connectivity index (χ2v) is 5.62. The number of rotatable bonds is 2. The summed E-state index contributed by atoms with van der Waals surface area (Å²) < 4.78 is 12.1. The SMILES string of the molecule is Cc1ccc(S(=O)C2CCCNC2)nc1.Cl. The Hall–Kier alpha value is -0.450. The van der Waals surface area contributed by atoms with Crippen LogP contribution in [0.2, 0.25) is 0 Å². The molecular weight excluding hydrogens is 244 g/mol. The van der Waals surface area contributed by atoms with Gasteiger partial charge >= 0.3 is 0 Å². The molecular formula is C11H17ClN2OS. The Kier molecular flexibility index (Phi) is 5.38. The zero-order chi connectivity index (χ0) is 10.7. The molecule has 3 nitrogen and oxygen atoms in total. The number of aromatic nitrogens is 1. The van der Waals surface area contributed by atoms with Gasteiger partial charge in [-0.05, 0) is 37.9 Å². The Morgan fingerprint density at radius 2 is 2.31 bits per heavy atom. The monoisotopic (exact) mass is 260 g/mol. The molecule has 2 unspecified atom stereocenters. The summed E-state index contributed by atoms with van der Waals surface area (Å²) in [6.07, 6.45) is 3.93. The number of pyridine rings is 1. The van der Waals surface area contributed by atoms with Crippen LogP contribution in [0.1, 0.15) is 18.4 Å². The van der Waals surface area contributed by atoms with E-state index in [1.807, 2.05) is 19.1 Å². The third kappa shape index (κ3) is 3.27. The maximum Gasteiger partial charge on any atom is 0.127 e. The van der Waals surface area contributed by atoms with Crippen LogP contribution in [0.5, 0.6) is 0 Å². The second-order valence-electron chi connectivity index (χ2n) is 3.94. The number of hydrogen-bond acceptors (Lipinski definition) is 3. The normalized spacial score (nSPS) is 22.2. The average Bonchev–Trinajstić information content (AvgIpc) is 2.30. The van der Waals surface area contributed by atoms with E-state index in [-0.39, 0.29) is 17.7 Å². The first-order chi connectivity index (χ1) is 7.27. The van der Waals surface area contributed by atoms with Gasteiger partial charge < -0.3 is 5.32 Å². The molecule has 0 saturated carbocycles. The van der Waals surface area contributed by atoms with Crippen molar-refractivity contribution < 1.29 is 4.21 Å². The molecule has 1 saturated heterocycles. The lowest BCUT2D eigenvalue weighted by Crippen LogP contribution is -2.36. The van der Waals surface area contributed by atoms with Crippen molar-refractivity contribution in [1.82, 2.24) is 10.3 Å². The summed E-state index contributed by atoms with van der Waals surface area (Å²) in [5.41, 5.74) is 1.11. The van der Waals surface area contributed by atoms with Gasteiger partial charge in [0.1, 0.15) is 5.03 Å². The van der Waals surface area contributed by atoms with Crippen LogP contribution in [0.15, 0.2) is 23.4 Å². The Bertz CT molecular complexity index is 350. The van der Waals surface area contributed by atoms with Gasteiger partial charge in [0.05, 0.1) is 16.0 Å². The molecule has 16 heavy (non-hydrogen) atoms. The van der Waals surface area contributed by atoms with Crippen molar-refractivity contribution in [2.24, 2.45) is 0 Å². The van der Waals surface area contributed by atoms with Crippen LogP contribution in [0.25, 0.3) is 0 Å². The largest absolute Gasteiger partial charge is 0.316 e. The van der Waals surface area contributed by atoms with E-state index in [1.165, 1.54) is 0 Å². The van der Waals surface area contributed by atoms with Crippen LogP contribution in [-0.2, 0) is 10.8 Å². The summed E-state index contributed by atoms with van der Waals surface area (Å²) in [5.74, 6) is 0. The number of nitrogens with zero attached hydrogens (tertiary/aromatic N) is 1. The molecule has 1 aromatic rings. The Labute approximate surface area is 105 Å². The van der Waals surface area contributed by atoms with Crippen LogP contribution in [0, 0.1) is 6.92 Å². The second kappa shape index (κ2) is 6.33. The van der Waals surface area contributed by atoms with Crippen LogP contribution in [0.4, 0.5) is 0 Å². The van der Waals surface area contributed by atoms with Gasteiger partial charge in [0, 0.05) is 12.7 Å². The van der Waals surface area contributed by atoms with Gasteiger partial charge in [-0.15, -0.1) is 12.4 Å². The average molecular weight is 261 g/mol. The lowest BCUT2D eigenvalue weighted by Gasteiger charge is -2.21. The van der Waals surface area contributed by atoms with Gasteiger partial charge in [-0.3, -0.25) is 4.21 Å². The Morgan fingerprint density at radius 1 is 1.50 bits per heavy atom. The van der Waals surface area contributed by atoms with Gasteiger partial charge in [0.15, 0.2) is 0 Å². The van der Waals surface area contributed by atoms with E-state index < -0.39 is 10.8 Å². The zero-order valence-corrected chi connectivity index (χ0v) is 10.9. The first-order valence-corrected chi connectivity index (χ1v) is 6.52. The number of hydrogen-bond donors (Lipinski definition) is 1. The summed E-state index contributed by atoms with van der Waals surface area (Å²) in [6.45, 7) is 3.89. The molecule has 1 aromatic heterocycles. The highest BCUT2D eigenvalue weighted by Gasteiger charge is 2.21. The van der Waals surface area contributed by atoms with E-state index in [0.29, 0.717) is 5.03 Å². The van der Waals surface area contributed by atoms with Crippen LogP contribution in [0.3, 0.4) is 0 Å². The Morgan fingerprint density at radius 3 is 2.88 bits per heavy atom. The Balaban J connectivity index is 0.00000128. The standard InChI is InChI=1S/C11H16N2OS.ClH/c1-9-4-5-11(13-7-9)15(14)10-3-2-6-12-8-10;/h4-5,7,10,12H,2-3,6,8H2,1H3;1H. The number of piperidine rings is 1. The predicted octanol–water partition coefficient (Wildman–Crippen LogP) is 1.67. The van der Waals surface area contributed by atoms with Gasteiger partial charge in [-0.1, -0.05) is 6.07 Å². The highest BCUT2D eigenvalue weighted by molar-refractivity contribution is 7.85. The first kappa shape index (κ1) is 13.6. The first-order valence-electron chi connectivity index (χ1n) is 5.31. The molecule has 0 aromatic carbocycles. The van der Waals surface area contributed by atoms with Crippen LogP contribution >= 0.6 is 12.4 Å². The van der Waals surface area contributed by atoms with Gasteiger partial charge in [-0.2, -0.15) is 0 Å². The molecule has 2 rings (SSSR count). The summed E-state index contributed by atoms with van der Waals surface area (Å²) in [4.78, 5) is 4.23. The minimum Gasteiger partial charge on any atom is -0.316 e. The van der Waals surface area contributed by atoms with Gasteiger partial charge in [0.2, 0.25) is 0 Å². The molecule has 1 aliphatic heterocycles. The van der Waals surface area contributed by atoms with Crippen molar-refractivity contribution in [2.45, 2.75) is 30.0 Å². The van der Waals surface area contributed by atoms with Crippen molar-refractivity contribution in [3.8, 4) is 0 Å². The van der Waals surface area contributed by atoms with E-state index in [9.17, 15) is 4.21 Å².